The monoisotopic (exact) mass is 386 g/mol. The van der Waals surface area contributed by atoms with Crippen molar-refractivity contribution >= 4 is 17.7 Å². The van der Waals surface area contributed by atoms with Gasteiger partial charge in [-0.2, -0.15) is 0 Å². The fourth-order valence-electron chi connectivity index (χ4n) is 4.10. The first-order valence-corrected chi connectivity index (χ1v) is 10.0. The molecule has 1 aromatic carbocycles. The van der Waals surface area contributed by atoms with Crippen LogP contribution in [0.5, 0.6) is 0 Å². The molecule has 2 aliphatic heterocycles. The summed E-state index contributed by atoms with van der Waals surface area (Å²) in [5, 5.41) is 2.87. The van der Waals surface area contributed by atoms with Crippen LogP contribution in [0.1, 0.15) is 36.5 Å². The second kappa shape index (κ2) is 9.19. The minimum Gasteiger partial charge on any atom is -0.355 e. The maximum atomic E-state index is 12.7. The van der Waals surface area contributed by atoms with Crippen LogP contribution in [0.15, 0.2) is 30.3 Å². The van der Waals surface area contributed by atoms with Gasteiger partial charge in [0, 0.05) is 63.7 Å². The van der Waals surface area contributed by atoms with E-state index >= 15 is 0 Å². The van der Waals surface area contributed by atoms with E-state index in [2.05, 4.69) is 10.2 Å². The number of benzene rings is 1. The van der Waals surface area contributed by atoms with Gasteiger partial charge in [0.05, 0.1) is 0 Å². The number of likely N-dealkylation sites (tertiary alicyclic amines) is 1. The van der Waals surface area contributed by atoms with Crippen LogP contribution in [0.3, 0.4) is 0 Å². The Balaban J connectivity index is 1.45. The Labute approximate surface area is 166 Å². The van der Waals surface area contributed by atoms with Crippen molar-refractivity contribution in [1.29, 1.82) is 0 Å². The van der Waals surface area contributed by atoms with E-state index in [1.165, 1.54) is 6.92 Å². The van der Waals surface area contributed by atoms with Crippen LogP contribution in [0.2, 0.25) is 0 Å². The third kappa shape index (κ3) is 4.90. The topological polar surface area (TPSA) is 73.0 Å². The van der Waals surface area contributed by atoms with Gasteiger partial charge in [0.1, 0.15) is 0 Å². The smallest absolute Gasteiger partial charge is 0.253 e. The number of amides is 3. The van der Waals surface area contributed by atoms with Gasteiger partial charge in [0.2, 0.25) is 11.8 Å². The zero-order valence-corrected chi connectivity index (χ0v) is 16.8. The first-order chi connectivity index (χ1) is 13.5. The first-order valence-electron chi connectivity index (χ1n) is 10.0. The molecule has 1 N–H and O–H groups in total. The van der Waals surface area contributed by atoms with Gasteiger partial charge in [-0.3, -0.25) is 19.3 Å². The van der Waals surface area contributed by atoms with Crippen LogP contribution < -0.4 is 5.32 Å². The minimum absolute atomic E-state index is 0.0177. The van der Waals surface area contributed by atoms with Gasteiger partial charge in [-0.05, 0) is 32.0 Å². The number of hydrogen-bond acceptors (Lipinski definition) is 4. The molecule has 0 unspecified atom stereocenters. The number of carbonyl (C=O) groups is 3. The average Bonchev–Trinajstić information content (AvgIpc) is 3.06. The molecular weight excluding hydrogens is 356 g/mol. The molecule has 1 aromatic rings. The highest BCUT2D eigenvalue weighted by Gasteiger charge is 2.33. The van der Waals surface area contributed by atoms with Crippen LogP contribution >= 0.6 is 0 Å². The molecule has 0 bridgehead atoms. The normalized spacial score (nSPS) is 22.9. The van der Waals surface area contributed by atoms with Crippen LogP contribution in [0.4, 0.5) is 0 Å². The van der Waals surface area contributed by atoms with Crippen molar-refractivity contribution in [2.45, 2.75) is 38.3 Å². The summed E-state index contributed by atoms with van der Waals surface area (Å²) >= 11 is 0. The number of likely N-dealkylation sites (N-methyl/N-ethyl adjacent to an activating group) is 1. The molecule has 0 aromatic heterocycles. The molecule has 2 fully saturated rings. The van der Waals surface area contributed by atoms with Crippen LogP contribution in [0, 0.1) is 0 Å². The summed E-state index contributed by atoms with van der Waals surface area (Å²) in [6.07, 6.45) is 2.47. The molecule has 0 radical (unpaired) electrons. The van der Waals surface area contributed by atoms with Gasteiger partial charge in [0.25, 0.3) is 5.91 Å². The number of carbonyl (C=O) groups excluding carboxylic acids is 3. The third-order valence-electron chi connectivity index (χ3n) is 5.92. The van der Waals surface area contributed by atoms with E-state index in [4.69, 9.17) is 0 Å². The van der Waals surface area contributed by atoms with Crippen molar-refractivity contribution in [3.63, 3.8) is 0 Å². The van der Waals surface area contributed by atoms with Gasteiger partial charge in [-0.25, -0.2) is 0 Å². The zero-order valence-electron chi connectivity index (χ0n) is 16.8. The molecule has 0 spiro atoms. The van der Waals surface area contributed by atoms with Crippen molar-refractivity contribution in [3.8, 4) is 0 Å². The van der Waals surface area contributed by atoms with Gasteiger partial charge >= 0.3 is 0 Å². The molecule has 2 saturated heterocycles. The van der Waals surface area contributed by atoms with Crippen molar-refractivity contribution in [2.75, 3.05) is 39.8 Å². The molecule has 2 aliphatic rings. The van der Waals surface area contributed by atoms with E-state index in [0.717, 1.165) is 12.8 Å². The summed E-state index contributed by atoms with van der Waals surface area (Å²) in [4.78, 5) is 42.3. The molecule has 3 amide bonds. The van der Waals surface area contributed by atoms with Crippen LogP contribution in [-0.2, 0) is 9.59 Å². The second-order valence-corrected chi connectivity index (χ2v) is 7.73. The molecule has 0 saturated carbocycles. The molecule has 2 atom stereocenters. The van der Waals surface area contributed by atoms with Crippen LogP contribution in [0.25, 0.3) is 0 Å². The fraction of sp³-hybridized carbons (Fsp3) is 0.571. The molecule has 152 valence electrons. The maximum Gasteiger partial charge on any atom is 0.253 e. The number of rotatable bonds is 5. The van der Waals surface area contributed by atoms with Gasteiger partial charge < -0.3 is 15.1 Å². The molecule has 7 heteroatoms. The third-order valence-corrected chi connectivity index (χ3v) is 5.92. The van der Waals surface area contributed by atoms with Crippen LogP contribution in [-0.4, -0.2) is 84.3 Å². The molecule has 7 nitrogen and oxygen atoms in total. The van der Waals surface area contributed by atoms with Crippen molar-refractivity contribution in [3.05, 3.63) is 35.9 Å². The standard InChI is InChI=1S/C21H30N4O3/c1-16(26)22-15-19-9-8-18(23(19)2)14-20(27)24-10-12-25(13-11-24)21(28)17-6-4-3-5-7-17/h3-7,18-19H,8-15H2,1-2H3,(H,22,26)/t18-,19+/m0/s1. The number of hydrogen-bond donors (Lipinski definition) is 1. The Morgan fingerprint density at radius 3 is 2.21 bits per heavy atom. The van der Waals surface area contributed by atoms with Crippen molar-refractivity contribution in [1.82, 2.24) is 20.0 Å². The predicted octanol–water partition coefficient (Wildman–Crippen LogP) is 0.960. The second-order valence-electron chi connectivity index (χ2n) is 7.73. The number of piperazine rings is 1. The summed E-state index contributed by atoms with van der Waals surface area (Å²) in [7, 11) is 2.04. The highest BCUT2D eigenvalue weighted by molar-refractivity contribution is 5.94. The molecule has 3 rings (SSSR count). The minimum atomic E-state index is -0.0177. The summed E-state index contributed by atoms with van der Waals surface area (Å²) < 4.78 is 0. The highest BCUT2D eigenvalue weighted by atomic mass is 16.2. The van der Waals surface area contributed by atoms with E-state index < -0.39 is 0 Å². The number of nitrogens with zero attached hydrogens (tertiary/aromatic N) is 3. The fourth-order valence-corrected chi connectivity index (χ4v) is 4.10. The molecule has 28 heavy (non-hydrogen) atoms. The average molecular weight is 386 g/mol. The Bertz CT molecular complexity index is 701. The Hall–Kier alpha value is -2.41. The lowest BCUT2D eigenvalue weighted by Crippen LogP contribution is -2.51. The highest BCUT2D eigenvalue weighted by Crippen LogP contribution is 2.25. The zero-order chi connectivity index (χ0) is 20.1. The quantitative estimate of drug-likeness (QED) is 0.818. The Morgan fingerprint density at radius 1 is 0.964 bits per heavy atom. The maximum absolute atomic E-state index is 12.7. The lowest BCUT2D eigenvalue weighted by Gasteiger charge is -2.36. The van der Waals surface area contributed by atoms with E-state index in [0.29, 0.717) is 50.7 Å². The lowest BCUT2D eigenvalue weighted by molar-refractivity contribution is -0.133. The largest absolute Gasteiger partial charge is 0.355 e. The summed E-state index contributed by atoms with van der Waals surface area (Å²) in [6.45, 7) is 4.48. The number of nitrogens with one attached hydrogen (secondary N) is 1. The van der Waals surface area contributed by atoms with Gasteiger partial charge in [-0.15, -0.1) is 0 Å². The Kier molecular flexibility index (Phi) is 6.67. The van der Waals surface area contributed by atoms with Crippen molar-refractivity contribution in [2.24, 2.45) is 0 Å². The molecule has 0 aliphatic carbocycles. The Morgan fingerprint density at radius 2 is 1.57 bits per heavy atom. The first kappa shape index (κ1) is 20.3. The van der Waals surface area contributed by atoms with Gasteiger partial charge in [-0.1, -0.05) is 18.2 Å². The van der Waals surface area contributed by atoms with Crippen molar-refractivity contribution < 1.29 is 14.4 Å². The van der Waals surface area contributed by atoms with Gasteiger partial charge in [0.15, 0.2) is 0 Å². The van der Waals surface area contributed by atoms with E-state index in [-0.39, 0.29) is 23.8 Å². The van der Waals surface area contributed by atoms with E-state index in [9.17, 15) is 14.4 Å². The summed E-state index contributed by atoms with van der Waals surface area (Å²) in [6, 6.07) is 9.79. The van der Waals surface area contributed by atoms with E-state index in [1.807, 2.05) is 47.2 Å². The van der Waals surface area contributed by atoms with E-state index in [1.54, 1.807) is 0 Å². The predicted molar refractivity (Wildman–Crippen MR) is 107 cm³/mol. The lowest BCUT2D eigenvalue weighted by atomic mass is 10.1. The summed E-state index contributed by atoms with van der Waals surface area (Å²) in [5.74, 6) is 0.170. The molecule has 2 heterocycles. The molecular formula is C21H30N4O3. The summed E-state index contributed by atoms with van der Waals surface area (Å²) in [5.41, 5.74) is 0.695. The SMILES string of the molecule is CC(=O)NC[C@H]1CC[C@@H](CC(=O)N2CCN(C(=O)c3ccccc3)CC2)N1C.